The van der Waals surface area contributed by atoms with Crippen LogP contribution in [0.1, 0.15) is 12.0 Å². The molecule has 0 unspecified atom stereocenters. The smallest absolute Gasteiger partial charge is 0.296 e. The summed E-state index contributed by atoms with van der Waals surface area (Å²) in [6, 6.07) is 6.83. The van der Waals surface area contributed by atoms with Crippen molar-refractivity contribution in [3.8, 4) is 17.2 Å². The molecule has 4 rings (SSSR count). The molecule has 52 heavy (non-hydrogen) atoms. The van der Waals surface area contributed by atoms with Crippen LogP contribution in [0, 0.1) is 0 Å². The second-order valence-electron chi connectivity index (χ2n) is 10.4. The summed E-state index contributed by atoms with van der Waals surface area (Å²) < 4.78 is 141. The minimum atomic E-state index is -5.46. The van der Waals surface area contributed by atoms with Crippen molar-refractivity contribution in [1.82, 2.24) is 0 Å². The number of aliphatic hydroxyl groups is 2. The van der Waals surface area contributed by atoms with Crippen LogP contribution in [-0.2, 0) is 46.9 Å². The fourth-order valence-corrected chi connectivity index (χ4v) is 6.99. The van der Waals surface area contributed by atoms with Crippen molar-refractivity contribution < 1.29 is 77.0 Å². The van der Waals surface area contributed by atoms with E-state index in [4.69, 9.17) is 4.74 Å². The van der Waals surface area contributed by atoms with Crippen molar-refractivity contribution in [2.75, 3.05) is 19.8 Å². The summed E-state index contributed by atoms with van der Waals surface area (Å²) in [6.45, 7) is -0.802. The zero-order valence-electron chi connectivity index (χ0n) is 25.8. The lowest BCUT2D eigenvalue weighted by molar-refractivity contribution is 0.202. The van der Waals surface area contributed by atoms with Crippen LogP contribution in [0.3, 0.4) is 0 Å². The van der Waals surface area contributed by atoms with E-state index in [9.17, 15) is 72.3 Å². The minimum Gasteiger partial charge on any atom is -0.505 e. The Bertz CT molecular complexity index is 2570. The summed E-state index contributed by atoms with van der Waals surface area (Å²) in [5.41, 5.74) is -2.87. The Morgan fingerprint density at radius 2 is 1.12 bits per heavy atom. The number of hydrogen-bond donors (Lipinski definition) is 8. The van der Waals surface area contributed by atoms with Gasteiger partial charge in [0, 0.05) is 6.61 Å². The van der Waals surface area contributed by atoms with E-state index in [1.807, 2.05) is 0 Å². The number of aliphatic hydroxyl groups excluding tert-OH is 2. The van der Waals surface area contributed by atoms with Gasteiger partial charge in [0.2, 0.25) is 0 Å². The number of ether oxygens (including phenoxy) is 1. The maximum absolute atomic E-state index is 12.4. The predicted molar refractivity (Wildman–Crippen MR) is 176 cm³/mol. The molecule has 0 radical (unpaired) electrons. The molecule has 0 heterocycles. The summed E-state index contributed by atoms with van der Waals surface area (Å²) in [6.07, 6.45) is 0.670. The first-order valence-electron chi connectivity index (χ1n) is 14.0. The topological polar surface area (TPSA) is 357 Å². The van der Waals surface area contributed by atoms with E-state index in [-0.39, 0.29) is 24.7 Å². The molecule has 0 spiro atoms. The molecule has 0 bridgehead atoms. The highest BCUT2D eigenvalue weighted by molar-refractivity contribution is 7.86. The van der Waals surface area contributed by atoms with Crippen LogP contribution in [-0.4, -0.2) is 92.1 Å². The van der Waals surface area contributed by atoms with Crippen molar-refractivity contribution >= 4 is 74.0 Å². The second kappa shape index (κ2) is 15.1. The molecule has 0 aromatic heterocycles. The standard InChI is InChI=1S/C27H26N4O17S4/c32-7-1-2-14-3-5-19(48-9-8-33)17(10-14)28-30-24-21(51(42,43)44)11-15-12-22(52(45,46)47)25(27(35)23(15)26(24)34)31-29-18-13-16(49(36,37)38)4-6-20(18)50(39,40)41/h3-6,10-13,32-35H,1-2,7-9H2,(H,36,37,38)(H,39,40,41)(H,42,43,44)(H,45,46,47). The fraction of sp³-hybridized carbons (Fsp3) is 0.185. The number of hydrogen-bond acceptors (Lipinski definition) is 17. The van der Waals surface area contributed by atoms with E-state index in [0.717, 1.165) is 0 Å². The fourth-order valence-electron chi connectivity index (χ4n) is 4.57. The van der Waals surface area contributed by atoms with Gasteiger partial charge in [-0.25, -0.2) is 0 Å². The molecule has 0 aliphatic heterocycles. The van der Waals surface area contributed by atoms with Crippen LogP contribution >= 0.6 is 0 Å². The molecule has 0 amide bonds. The molecule has 0 saturated heterocycles. The number of aromatic hydroxyl groups is 2. The number of nitrogens with zero attached hydrogens (tertiary/aromatic N) is 4. The minimum absolute atomic E-state index is 0.00454. The third kappa shape index (κ3) is 9.02. The molecule has 280 valence electrons. The molecule has 8 N–H and O–H groups in total. The van der Waals surface area contributed by atoms with Crippen LogP contribution in [0.25, 0.3) is 10.8 Å². The zero-order chi connectivity index (χ0) is 38.8. The largest absolute Gasteiger partial charge is 0.505 e. The first-order chi connectivity index (χ1) is 24.1. The van der Waals surface area contributed by atoms with E-state index in [1.165, 1.54) is 12.1 Å². The molecule has 4 aromatic carbocycles. The van der Waals surface area contributed by atoms with Gasteiger partial charge in [0.05, 0.1) is 16.9 Å². The number of phenols is 2. The molecule has 25 heteroatoms. The lowest BCUT2D eigenvalue weighted by atomic mass is 10.1. The summed E-state index contributed by atoms with van der Waals surface area (Å²) in [5.74, 6) is -2.67. The molecular formula is C27H26N4O17S4. The first kappa shape index (κ1) is 40.1. The maximum Gasteiger partial charge on any atom is 0.296 e. The highest BCUT2D eigenvalue weighted by atomic mass is 32.2. The number of aryl methyl sites for hydroxylation is 1. The van der Waals surface area contributed by atoms with Gasteiger partial charge in [-0.15, -0.1) is 20.5 Å². The van der Waals surface area contributed by atoms with Gasteiger partial charge in [0.25, 0.3) is 40.5 Å². The summed E-state index contributed by atoms with van der Waals surface area (Å²) in [4.78, 5) is -4.63. The molecule has 0 atom stereocenters. The van der Waals surface area contributed by atoms with Crippen molar-refractivity contribution in [3.63, 3.8) is 0 Å². The summed E-state index contributed by atoms with van der Waals surface area (Å²) in [7, 11) is -21.0. The Morgan fingerprint density at radius 1 is 0.577 bits per heavy atom. The van der Waals surface area contributed by atoms with E-state index >= 15 is 0 Å². The van der Waals surface area contributed by atoms with Gasteiger partial charge >= 0.3 is 0 Å². The maximum atomic E-state index is 12.4. The van der Waals surface area contributed by atoms with E-state index < -0.39 is 106 Å². The Morgan fingerprint density at radius 3 is 1.60 bits per heavy atom. The van der Waals surface area contributed by atoms with Crippen molar-refractivity contribution in [3.05, 3.63) is 54.1 Å². The molecule has 0 aliphatic carbocycles. The lowest BCUT2D eigenvalue weighted by Crippen LogP contribution is -2.03. The Balaban J connectivity index is 2.04. The third-order valence-corrected chi connectivity index (χ3v) is 10.3. The molecule has 0 aliphatic rings. The van der Waals surface area contributed by atoms with Gasteiger partial charge in [0.1, 0.15) is 49.8 Å². The van der Waals surface area contributed by atoms with E-state index in [1.54, 1.807) is 6.07 Å². The molecule has 0 saturated carbocycles. The Kier molecular flexibility index (Phi) is 11.6. The van der Waals surface area contributed by atoms with E-state index in [0.29, 0.717) is 48.7 Å². The SMILES string of the molecule is O=S(=O)(O)c1ccc(S(=O)(=O)O)c(N=Nc2c(S(=O)(=O)O)cc3cc(S(=O)(=O)O)c(N=Nc4cc(CCCO)ccc4OCCO)c(O)c3c2O)c1. The van der Waals surface area contributed by atoms with Crippen LogP contribution in [0.2, 0.25) is 0 Å². The Hall–Kier alpha value is -4.70. The first-order valence-corrected chi connectivity index (χ1v) is 19.7. The monoisotopic (exact) mass is 806 g/mol. The van der Waals surface area contributed by atoms with Crippen molar-refractivity contribution in [2.24, 2.45) is 20.5 Å². The number of azo groups is 2. The predicted octanol–water partition coefficient (Wildman–Crippen LogP) is 3.36. The molecule has 4 aromatic rings. The van der Waals surface area contributed by atoms with Crippen molar-refractivity contribution in [2.45, 2.75) is 32.4 Å². The lowest BCUT2D eigenvalue weighted by Gasteiger charge is -2.14. The number of phenolic OH excluding ortho intramolecular Hbond substituents is 2. The van der Waals surface area contributed by atoms with Gasteiger partial charge in [-0.1, -0.05) is 6.07 Å². The second-order valence-corrected chi connectivity index (χ2v) is 16.0. The molecular weight excluding hydrogens is 781 g/mol. The van der Waals surface area contributed by atoms with Gasteiger partial charge in [-0.3, -0.25) is 18.2 Å². The summed E-state index contributed by atoms with van der Waals surface area (Å²) >= 11 is 0. The van der Waals surface area contributed by atoms with Gasteiger partial charge in [-0.05, 0) is 66.3 Å². The third-order valence-electron chi connectivity index (χ3n) is 6.82. The van der Waals surface area contributed by atoms with Crippen LogP contribution in [0.15, 0.2) is 88.6 Å². The highest BCUT2D eigenvalue weighted by Gasteiger charge is 2.29. The molecule has 0 fully saturated rings. The van der Waals surface area contributed by atoms with Gasteiger partial charge in [0.15, 0.2) is 11.5 Å². The summed E-state index contributed by atoms with van der Waals surface area (Å²) in [5, 5.41) is 53.6. The molecule has 21 nitrogen and oxygen atoms in total. The number of benzene rings is 4. The van der Waals surface area contributed by atoms with Crippen LogP contribution in [0.5, 0.6) is 17.2 Å². The van der Waals surface area contributed by atoms with Gasteiger partial charge < -0.3 is 25.2 Å². The Labute approximate surface area is 294 Å². The van der Waals surface area contributed by atoms with Crippen molar-refractivity contribution in [1.29, 1.82) is 0 Å². The van der Waals surface area contributed by atoms with Gasteiger partial charge in [-0.2, -0.15) is 33.7 Å². The number of fused-ring (bicyclic) bond motifs is 1. The number of rotatable bonds is 14. The normalized spacial score (nSPS) is 13.0. The van der Waals surface area contributed by atoms with Crippen LogP contribution in [0.4, 0.5) is 22.7 Å². The van der Waals surface area contributed by atoms with Crippen LogP contribution < -0.4 is 4.74 Å². The average molecular weight is 807 g/mol. The average Bonchev–Trinajstić information content (AvgIpc) is 3.03. The zero-order valence-corrected chi connectivity index (χ0v) is 29.1. The quantitative estimate of drug-likeness (QED) is 0.0668. The highest BCUT2D eigenvalue weighted by Crippen LogP contribution is 2.50. The van der Waals surface area contributed by atoms with E-state index in [2.05, 4.69) is 20.5 Å².